The summed E-state index contributed by atoms with van der Waals surface area (Å²) in [7, 11) is 0.845. The zero-order valence-electron chi connectivity index (χ0n) is 18.2. The van der Waals surface area contributed by atoms with E-state index in [0.717, 1.165) is 35.9 Å². The van der Waals surface area contributed by atoms with Crippen LogP contribution < -0.4 is 10.0 Å². The lowest BCUT2D eigenvalue weighted by Crippen LogP contribution is -2.23. The van der Waals surface area contributed by atoms with Gasteiger partial charge < -0.3 is 15.2 Å². The minimum atomic E-state index is -3.29. The molecule has 1 heterocycles. The van der Waals surface area contributed by atoms with Gasteiger partial charge in [-0.3, -0.25) is 9.52 Å². The number of aromatic amines is 1. The fourth-order valence-electron chi connectivity index (χ4n) is 3.38. The summed E-state index contributed by atoms with van der Waals surface area (Å²) in [5, 5.41) is 4.15. The Bertz CT molecular complexity index is 1140. The number of sulfonamides is 1. The van der Waals surface area contributed by atoms with Crippen LogP contribution in [0.2, 0.25) is 0 Å². The molecule has 0 atom stereocenters. The molecule has 0 spiro atoms. The van der Waals surface area contributed by atoms with Crippen molar-refractivity contribution in [3.8, 4) is 0 Å². The molecule has 1 aromatic heterocycles. The largest absolute Gasteiger partial charge is 0.361 e. The molecule has 0 aliphatic rings. The topological polar surface area (TPSA) is 94.3 Å². The van der Waals surface area contributed by atoms with Crippen molar-refractivity contribution in [3.05, 3.63) is 65.4 Å². The molecule has 31 heavy (non-hydrogen) atoms. The van der Waals surface area contributed by atoms with E-state index in [4.69, 9.17) is 0 Å². The first-order valence-corrected chi connectivity index (χ1v) is 12.2. The Morgan fingerprint density at radius 1 is 1.03 bits per heavy atom. The number of amides is 1. The number of aryl methyl sites for hydroxylation is 1. The molecule has 3 aromatic rings. The summed E-state index contributed by atoms with van der Waals surface area (Å²) in [5.41, 5.74) is 4.97. The van der Waals surface area contributed by atoms with Crippen molar-refractivity contribution >= 4 is 32.5 Å². The lowest BCUT2D eigenvalue weighted by Gasteiger charge is -2.09. The van der Waals surface area contributed by atoms with Crippen molar-refractivity contribution in [2.45, 2.75) is 25.8 Å². The number of nitrogens with one attached hydrogen (secondary N) is 3. The first-order valence-electron chi connectivity index (χ1n) is 10.3. The third-order valence-electron chi connectivity index (χ3n) is 5.05. The van der Waals surface area contributed by atoms with Crippen molar-refractivity contribution in [2.24, 2.45) is 0 Å². The first-order chi connectivity index (χ1) is 14.7. The summed E-state index contributed by atoms with van der Waals surface area (Å²) in [4.78, 5) is 17.8. The number of hydrogen-bond acceptors (Lipinski definition) is 4. The van der Waals surface area contributed by atoms with Crippen molar-refractivity contribution in [1.29, 1.82) is 0 Å². The molecule has 0 unspecified atom stereocenters. The van der Waals surface area contributed by atoms with Gasteiger partial charge in [0.25, 0.3) is 0 Å². The number of hydrogen-bond donors (Lipinski definition) is 3. The summed E-state index contributed by atoms with van der Waals surface area (Å²) in [6.07, 6.45) is 5.25. The average Bonchev–Trinajstić information content (AvgIpc) is 3.11. The van der Waals surface area contributed by atoms with Crippen LogP contribution in [0.1, 0.15) is 23.1 Å². The summed E-state index contributed by atoms with van der Waals surface area (Å²) < 4.78 is 24.9. The number of benzene rings is 2. The quantitative estimate of drug-likeness (QED) is 0.450. The number of carbonyl (C=O) groups is 1. The van der Waals surface area contributed by atoms with Crippen LogP contribution in [0, 0.1) is 0 Å². The van der Waals surface area contributed by atoms with Crippen molar-refractivity contribution in [2.75, 3.05) is 31.6 Å². The fraction of sp³-hybridized carbons (Fsp3) is 0.348. The minimum absolute atomic E-state index is 0.0136. The van der Waals surface area contributed by atoms with E-state index in [1.165, 1.54) is 10.9 Å². The smallest absolute Gasteiger partial charge is 0.229 e. The molecule has 166 valence electrons. The number of rotatable bonds is 10. The molecule has 3 rings (SSSR count). The van der Waals surface area contributed by atoms with E-state index in [1.54, 1.807) is 24.3 Å². The first kappa shape index (κ1) is 22.8. The summed E-state index contributed by atoms with van der Waals surface area (Å²) >= 11 is 0. The van der Waals surface area contributed by atoms with Gasteiger partial charge in [0, 0.05) is 42.3 Å². The predicted octanol–water partition coefficient (Wildman–Crippen LogP) is 2.89. The summed E-state index contributed by atoms with van der Waals surface area (Å²) in [6, 6.07) is 13.3. The molecular formula is C23H30N4O3S. The van der Waals surface area contributed by atoms with Crippen LogP contribution in [0.5, 0.6) is 0 Å². The number of anilines is 1. The normalized spacial score (nSPS) is 11.7. The van der Waals surface area contributed by atoms with E-state index in [9.17, 15) is 13.2 Å². The summed E-state index contributed by atoms with van der Waals surface area (Å²) in [5.74, 6) is -0.0136. The van der Waals surface area contributed by atoms with Crippen LogP contribution in [0.4, 0.5) is 5.69 Å². The van der Waals surface area contributed by atoms with Gasteiger partial charge in [0.15, 0.2) is 0 Å². The molecule has 1 amide bonds. The van der Waals surface area contributed by atoms with E-state index in [0.29, 0.717) is 25.1 Å². The number of H-pyrrole nitrogens is 1. The number of fused-ring (bicyclic) bond motifs is 1. The molecule has 2 aromatic carbocycles. The Hall–Kier alpha value is -2.84. The highest BCUT2D eigenvalue weighted by atomic mass is 32.2. The van der Waals surface area contributed by atoms with Gasteiger partial charge in [-0.05, 0) is 67.9 Å². The SMILES string of the molecule is CN(C)CCc1c[nH]c2ccc(CCC(=O)NCc3ccc(NS(C)(=O)=O)cc3)cc12. The number of aromatic nitrogens is 1. The molecule has 0 aliphatic carbocycles. The second kappa shape index (κ2) is 9.98. The van der Waals surface area contributed by atoms with E-state index < -0.39 is 10.0 Å². The highest BCUT2D eigenvalue weighted by molar-refractivity contribution is 7.92. The van der Waals surface area contributed by atoms with Gasteiger partial charge in [-0.15, -0.1) is 0 Å². The highest BCUT2D eigenvalue weighted by Gasteiger charge is 2.08. The Kier molecular flexibility index (Phi) is 7.35. The van der Waals surface area contributed by atoms with Crippen LogP contribution in [-0.2, 0) is 34.2 Å². The van der Waals surface area contributed by atoms with Crippen LogP contribution in [0.15, 0.2) is 48.7 Å². The van der Waals surface area contributed by atoms with Gasteiger partial charge >= 0.3 is 0 Å². The van der Waals surface area contributed by atoms with E-state index >= 15 is 0 Å². The Labute approximate surface area is 183 Å². The highest BCUT2D eigenvalue weighted by Crippen LogP contribution is 2.21. The van der Waals surface area contributed by atoms with Gasteiger partial charge in [0.05, 0.1) is 6.26 Å². The van der Waals surface area contributed by atoms with Crippen molar-refractivity contribution in [1.82, 2.24) is 15.2 Å². The number of likely N-dealkylation sites (N-methyl/N-ethyl adjacent to an activating group) is 1. The number of nitrogens with zero attached hydrogens (tertiary/aromatic N) is 1. The van der Waals surface area contributed by atoms with Crippen molar-refractivity contribution < 1.29 is 13.2 Å². The van der Waals surface area contributed by atoms with Gasteiger partial charge in [-0.25, -0.2) is 8.42 Å². The lowest BCUT2D eigenvalue weighted by molar-refractivity contribution is -0.121. The second-order valence-electron chi connectivity index (χ2n) is 8.10. The van der Waals surface area contributed by atoms with Gasteiger partial charge in [0.1, 0.15) is 0 Å². The third kappa shape index (κ3) is 7.11. The van der Waals surface area contributed by atoms with E-state index in [1.807, 2.05) is 0 Å². The van der Waals surface area contributed by atoms with Crippen LogP contribution in [-0.4, -0.2) is 51.1 Å². The second-order valence-corrected chi connectivity index (χ2v) is 9.84. The zero-order chi connectivity index (χ0) is 22.4. The minimum Gasteiger partial charge on any atom is -0.361 e. The van der Waals surface area contributed by atoms with E-state index in [2.05, 4.69) is 58.4 Å². The van der Waals surface area contributed by atoms with E-state index in [-0.39, 0.29) is 5.91 Å². The molecule has 0 aliphatic heterocycles. The standard InChI is InChI=1S/C23H30N4O3S/c1-27(2)13-12-19-16-24-22-10-6-17(14-21(19)22)7-11-23(28)25-15-18-4-8-20(9-5-18)26-31(3,29)30/h4-6,8-10,14,16,24,26H,7,11-13,15H2,1-3H3,(H,25,28). The van der Waals surface area contributed by atoms with Crippen LogP contribution in [0.25, 0.3) is 10.9 Å². The van der Waals surface area contributed by atoms with Crippen LogP contribution >= 0.6 is 0 Å². The monoisotopic (exact) mass is 442 g/mol. The Morgan fingerprint density at radius 2 is 1.74 bits per heavy atom. The van der Waals surface area contributed by atoms with Gasteiger partial charge in [0.2, 0.25) is 15.9 Å². The molecule has 8 heteroatoms. The van der Waals surface area contributed by atoms with Gasteiger partial charge in [-0.2, -0.15) is 0 Å². The molecule has 0 saturated heterocycles. The van der Waals surface area contributed by atoms with Crippen molar-refractivity contribution in [3.63, 3.8) is 0 Å². The molecule has 0 bridgehead atoms. The zero-order valence-corrected chi connectivity index (χ0v) is 19.1. The number of carbonyl (C=O) groups excluding carboxylic acids is 1. The molecule has 0 radical (unpaired) electrons. The predicted molar refractivity (Wildman–Crippen MR) is 126 cm³/mol. The maximum atomic E-state index is 12.3. The average molecular weight is 443 g/mol. The lowest BCUT2D eigenvalue weighted by atomic mass is 10.0. The van der Waals surface area contributed by atoms with Gasteiger partial charge in [-0.1, -0.05) is 18.2 Å². The molecule has 0 fully saturated rings. The Balaban J connectivity index is 1.51. The molecule has 7 nitrogen and oxygen atoms in total. The molecule has 0 saturated carbocycles. The third-order valence-corrected chi connectivity index (χ3v) is 5.65. The maximum Gasteiger partial charge on any atom is 0.229 e. The summed E-state index contributed by atoms with van der Waals surface area (Å²) in [6.45, 7) is 1.40. The van der Waals surface area contributed by atoms with Crippen LogP contribution in [0.3, 0.4) is 0 Å². The maximum absolute atomic E-state index is 12.3. The molecular weight excluding hydrogens is 412 g/mol. The molecule has 3 N–H and O–H groups in total. The fourth-order valence-corrected chi connectivity index (χ4v) is 3.95. The Morgan fingerprint density at radius 3 is 2.42 bits per heavy atom.